The van der Waals surface area contributed by atoms with Gasteiger partial charge in [-0.05, 0) is 36.9 Å². The first-order chi connectivity index (χ1) is 13.4. The predicted molar refractivity (Wildman–Crippen MR) is 111 cm³/mol. The molecule has 0 aromatic heterocycles. The molecule has 0 aliphatic rings. The van der Waals surface area contributed by atoms with Gasteiger partial charge in [-0.2, -0.15) is 0 Å². The first-order valence-electron chi connectivity index (χ1n) is 8.97. The van der Waals surface area contributed by atoms with E-state index in [2.05, 4.69) is 19.7 Å². The first-order valence-corrected chi connectivity index (χ1v) is 8.97. The van der Waals surface area contributed by atoms with Crippen molar-refractivity contribution in [3.8, 4) is 11.5 Å². The molecule has 0 spiro atoms. The standard InChI is InChI=1S/C23H26O5/c1-16(2)18(5)25-12-13-26-20-10-6-8-19-9-7-11-21(22(19)20)27-14-15-28-23(24)17(3)4/h6-11H,1,3,5,12-15H2,2,4H3. The van der Waals surface area contributed by atoms with Gasteiger partial charge < -0.3 is 18.9 Å². The fraction of sp³-hybridized carbons (Fsp3) is 0.261. The summed E-state index contributed by atoms with van der Waals surface area (Å²) in [7, 11) is 0. The Hall–Kier alpha value is -3.21. The third-order valence-electron chi connectivity index (χ3n) is 3.84. The zero-order chi connectivity index (χ0) is 20.5. The maximum Gasteiger partial charge on any atom is 0.333 e. The van der Waals surface area contributed by atoms with Crippen LogP contribution in [0.1, 0.15) is 13.8 Å². The van der Waals surface area contributed by atoms with Gasteiger partial charge in [0.2, 0.25) is 0 Å². The third-order valence-corrected chi connectivity index (χ3v) is 3.84. The molecule has 0 saturated carbocycles. The van der Waals surface area contributed by atoms with Crippen molar-refractivity contribution in [2.45, 2.75) is 13.8 Å². The lowest BCUT2D eigenvalue weighted by atomic mass is 10.1. The summed E-state index contributed by atoms with van der Waals surface area (Å²) in [6.45, 7) is 15.7. The van der Waals surface area contributed by atoms with Crippen LogP contribution in [0.2, 0.25) is 0 Å². The normalized spacial score (nSPS) is 10.2. The van der Waals surface area contributed by atoms with Gasteiger partial charge in [-0.25, -0.2) is 4.79 Å². The highest BCUT2D eigenvalue weighted by molar-refractivity contribution is 5.93. The van der Waals surface area contributed by atoms with E-state index in [1.165, 1.54) is 0 Å². The molecule has 0 radical (unpaired) electrons. The van der Waals surface area contributed by atoms with Crippen molar-refractivity contribution in [1.82, 2.24) is 0 Å². The van der Waals surface area contributed by atoms with Crippen molar-refractivity contribution >= 4 is 16.7 Å². The topological polar surface area (TPSA) is 54.0 Å². The van der Waals surface area contributed by atoms with Gasteiger partial charge in [0.15, 0.2) is 0 Å². The van der Waals surface area contributed by atoms with Crippen LogP contribution in [0.5, 0.6) is 11.5 Å². The number of carbonyl (C=O) groups excluding carboxylic acids is 1. The number of benzene rings is 2. The van der Waals surface area contributed by atoms with Gasteiger partial charge in [0.05, 0.1) is 5.39 Å². The SMILES string of the molecule is C=C(C)C(=C)OCCOc1cccc2cccc(OCCOC(=O)C(=C)C)c12. The fourth-order valence-electron chi connectivity index (χ4n) is 2.36. The molecule has 0 bridgehead atoms. The van der Waals surface area contributed by atoms with Crippen molar-refractivity contribution in [2.75, 3.05) is 26.4 Å². The van der Waals surface area contributed by atoms with E-state index in [9.17, 15) is 4.79 Å². The largest absolute Gasteiger partial charge is 0.490 e. The molecule has 2 rings (SSSR count). The second-order valence-corrected chi connectivity index (χ2v) is 6.28. The molecular formula is C23H26O5. The number of esters is 1. The summed E-state index contributed by atoms with van der Waals surface area (Å²) in [5, 5.41) is 1.84. The Balaban J connectivity index is 2.02. The molecule has 0 amide bonds. The molecule has 0 aliphatic carbocycles. The number of fused-ring (bicyclic) bond motifs is 1. The molecular weight excluding hydrogens is 356 g/mol. The monoisotopic (exact) mass is 382 g/mol. The van der Waals surface area contributed by atoms with E-state index < -0.39 is 5.97 Å². The van der Waals surface area contributed by atoms with E-state index in [-0.39, 0.29) is 13.2 Å². The number of ether oxygens (including phenoxy) is 4. The molecule has 2 aromatic carbocycles. The molecule has 5 nitrogen and oxygen atoms in total. The van der Waals surface area contributed by atoms with Crippen molar-refractivity contribution in [3.63, 3.8) is 0 Å². The van der Waals surface area contributed by atoms with Gasteiger partial charge >= 0.3 is 5.97 Å². The van der Waals surface area contributed by atoms with Gasteiger partial charge in [0, 0.05) is 5.57 Å². The minimum absolute atomic E-state index is 0.141. The van der Waals surface area contributed by atoms with Crippen LogP contribution in [-0.2, 0) is 14.3 Å². The van der Waals surface area contributed by atoms with Crippen LogP contribution in [0.4, 0.5) is 0 Å². The van der Waals surface area contributed by atoms with E-state index >= 15 is 0 Å². The number of rotatable bonds is 11. The highest BCUT2D eigenvalue weighted by Gasteiger charge is 2.10. The number of hydrogen-bond acceptors (Lipinski definition) is 5. The highest BCUT2D eigenvalue weighted by Crippen LogP contribution is 2.34. The van der Waals surface area contributed by atoms with Crippen LogP contribution >= 0.6 is 0 Å². The summed E-state index contributed by atoms with van der Waals surface area (Å²) in [5.74, 6) is 1.47. The molecule has 0 aliphatic heterocycles. The van der Waals surface area contributed by atoms with Crippen molar-refractivity contribution in [2.24, 2.45) is 0 Å². The fourth-order valence-corrected chi connectivity index (χ4v) is 2.36. The average molecular weight is 382 g/mol. The minimum atomic E-state index is -0.429. The van der Waals surface area contributed by atoms with E-state index in [1.54, 1.807) is 6.92 Å². The maximum atomic E-state index is 11.4. The second kappa shape index (κ2) is 10.2. The van der Waals surface area contributed by atoms with E-state index in [0.717, 1.165) is 16.3 Å². The first kappa shape index (κ1) is 21.1. The summed E-state index contributed by atoms with van der Waals surface area (Å²) in [6, 6.07) is 11.5. The van der Waals surface area contributed by atoms with Crippen molar-refractivity contribution < 1.29 is 23.7 Å². The summed E-state index contributed by atoms with van der Waals surface area (Å²) in [4.78, 5) is 11.4. The Bertz CT molecular complexity index is 813. The van der Waals surface area contributed by atoms with Crippen molar-refractivity contribution in [1.29, 1.82) is 0 Å². The Labute approximate surface area is 165 Å². The van der Waals surface area contributed by atoms with Crippen LogP contribution in [0.15, 0.2) is 73.0 Å². The quantitative estimate of drug-likeness (QED) is 0.183. The van der Waals surface area contributed by atoms with Crippen LogP contribution in [0.25, 0.3) is 10.8 Å². The number of hydrogen-bond donors (Lipinski definition) is 0. The summed E-state index contributed by atoms with van der Waals surface area (Å²) in [5.41, 5.74) is 1.14. The van der Waals surface area contributed by atoms with Crippen LogP contribution in [0.3, 0.4) is 0 Å². The Morgan fingerprint density at radius 2 is 1.32 bits per heavy atom. The Morgan fingerprint density at radius 1 is 0.786 bits per heavy atom. The lowest BCUT2D eigenvalue weighted by Gasteiger charge is -2.15. The minimum Gasteiger partial charge on any atom is -0.490 e. The van der Waals surface area contributed by atoms with Crippen LogP contribution in [0, 0.1) is 0 Å². The molecule has 0 atom stereocenters. The summed E-state index contributed by atoms with van der Waals surface area (Å²) >= 11 is 0. The smallest absolute Gasteiger partial charge is 0.333 e. The molecule has 148 valence electrons. The lowest BCUT2D eigenvalue weighted by Crippen LogP contribution is -2.12. The number of carbonyl (C=O) groups is 1. The molecule has 0 fully saturated rings. The van der Waals surface area contributed by atoms with Gasteiger partial charge in [-0.1, -0.05) is 44.0 Å². The highest BCUT2D eigenvalue weighted by atomic mass is 16.6. The van der Waals surface area contributed by atoms with E-state index in [0.29, 0.717) is 36.0 Å². The molecule has 0 saturated heterocycles. The third kappa shape index (κ3) is 5.91. The summed E-state index contributed by atoms with van der Waals surface area (Å²) < 4.78 is 22.3. The van der Waals surface area contributed by atoms with Gasteiger partial charge in [0.1, 0.15) is 43.7 Å². The van der Waals surface area contributed by atoms with Gasteiger partial charge in [-0.15, -0.1) is 0 Å². The lowest BCUT2D eigenvalue weighted by molar-refractivity contribution is -0.139. The second-order valence-electron chi connectivity index (χ2n) is 6.28. The maximum absolute atomic E-state index is 11.4. The molecule has 0 N–H and O–H groups in total. The molecule has 0 unspecified atom stereocenters. The average Bonchev–Trinajstić information content (AvgIpc) is 2.67. The summed E-state index contributed by atoms with van der Waals surface area (Å²) in [6.07, 6.45) is 0. The van der Waals surface area contributed by atoms with E-state index in [4.69, 9.17) is 18.9 Å². The zero-order valence-corrected chi connectivity index (χ0v) is 16.5. The Morgan fingerprint density at radius 3 is 1.82 bits per heavy atom. The van der Waals surface area contributed by atoms with Crippen molar-refractivity contribution in [3.05, 3.63) is 73.0 Å². The van der Waals surface area contributed by atoms with Crippen LogP contribution < -0.4 is 9.47 Å². The number of allylic oxidation sites excluding steroid dienone is 1. The zero-order valence-electron chi connectivity index (χ0n) is 16.5. The van der Waals surface area contributed by atoms with Gasteiger partial charge in [-0.3, -0.25) is 0 Å². The van der Waals surface area contributed by atoms with Gasteiger partial charge in [0.25, 0.3) is 0 Å². The molecule has 5 heteroatoms. The Kier molecular flexibility index (Phi) is 7.69. The predicted octanol–water partition coefficient (Wildman–Crippen LogP) is 4.82. The molecule has 28 heavy (non-hydrogen) atoms. The van der Waals surface area contributed by atoms with E-state index in [1.807, 2.05) is 43.3 Å². The molecule has 2 aromatic rings. The van der Waals surface area contributed by atoms with Crippen LogP contribution in [-0.4, -0.2) is 32.4 Å². The molecule has 0 heterocycles.